The third-order valence-electron chi connectivity index (χ3n) is 2.78. The zero-order valence-corrected chi connectivity index (χ0v) is 9.58. The van der Waals surface area contributed by atoms with Crippen LogP contribution in [-0.2, 0) is 6.42 Å². The molecule has 2 rings (SSSR count). The first-order valence-corrected chi connectivity index (χ1v) is 5.49. The number of H-pyrrole nitrogens is 1. The second kappa shape index (κ2) is 4.35. The summed E-state index contributed by atoms with van der Waals surface area (Å²) in [6.45, 7) is 3.96. The molecule has 0 bridgehead atoms. The van der Waals surface area contributed by atoms with Crippen LogP contribution in [0, 0.1) is 6.92 Å². The van der Waals surface area contributed by atoms with Crippen LogP contribution in [-0.4, -0.2) is 4.98 Å². The van der Waals surface area contributed by atoms with Crippen LogP contribution in [0.4, 0.5) is 0 Å². The SMILES string of the molecule is CCc1ccc(-c2c[nH]c(=O)c(C)c2)cc1. The molecule has 2 nitrogen and oxygen atoms in total. The minimum atomic E-state index is -0.0195. The molecule has 1 aromatic heterocycles. The van der Waals surface area contributed by atoms with Crippen molar-refractivity contribution in [3.63, 3.8) is 0 Å². The fourth-order valence-electron chi connectivity index (χ4n) is 1.70. The first-order valence-electron chi connectivity index (χ1n) is 5.49. The lowest BCUT2D eigenvalue weighted by atomic mass is 10.0. The van der Waals surface area contributed by atoms with Gasteiger partial charge in [-0.1, -0.05) is 31.2 Å². The number of aryl methyl sites for hydroxylation is 2. The van der Waals surface area contributed by atoms with Crippen molar-refractivity contribution in [3.8, 4) is 11.1 Å². The molecule has 0 fully saturated rings. The van der Waals surface area contributed by atoms with E-state index in [1.165, 1.54) is 5.56 Å². The van der Waals surface area contributed by atoms with Gasteiger partial charge < -0.3 is 4.98 Å². The number of pyridine rings is 1. The Kier molecular flexibility index (Phi) is 2.91. The average Bonchev–Trinajstić information content (AvgIpc) is 2.33. The highest BCUT2D eigenvalue weighted by atomic mass is 16.1. The maximum atomic E-state index is 11.2. The molecule has 0 amide bonds. The molecular weight excluding hydrogens is 198 g/mol. The van der Waals surface area contributed by atoms with E-state index in [9.17, 15) is 4.79 Å². The summed E-state index contributed by atoms with van der Waals surface area (Å²) in [5.41, 5.74) is 4.24. The Morgan fingerprint density at radius 1 is 1.12 bits per heavy atom. The average molecular weight is 213 g/mol. The van der Waals surface area contributed by atoms with Gasteiger partial charge in [0.25, 0.3) is 5.56 Å². The van der Waals surface area contributed by atoms with Crippen molar-refractivity contribution in [2.75, 3.05) is 0 Å². The Hall–Kier alpha value is -1.83. The quantitative estimate of drug-likeness (QED) is 0.817. The summed E-state index contributed by atoms with van der Waals surface area (Å²) < 4.78 is 0. The second-order valence-electron chi connectivity index (χ2n) is 3.95. The first-order chi connectivity index (χ1) is 7.70. The van der Waals surface area contributed by atoms with Gasteiger partial charge in [-0.3, -0.25) is 4.79 Å². The molecule has 82 valence electrons. The normalized spacial score (nSPS) is 10.4. The van der Waals surface area contributed by atoms with Crippen LogP contribution in [0.5, 0.6) is 0 Å². The molecule has 0 aliphatic carbocycles. The van der Waals surface area contributed by atoms with Crippen molar-refractivity contribution < 1.29 is 0 Å². The summed E-state index contributed by atoms with van der Waals surface area (Å²) in [6.07, 6.45) is 2.81. The molecule has 2 aromatic rings. The largest absolute Gasteiger partial charge is 0.328 e. The van der Waals surface area contributed by atoms with Crippen LogP contribution in [0.1, 0.15) is 18.1 Å². The van der Waals surface area contributed by atoms with Crippen LogP contribution < -0.4 is 5.56 Å². The zero-order chi connectivity index (χ0) is 11.5. The van der Waals surface area contributed by atoms with Crippen molar-refractivity contribution in [3.05, 3.63) is 58.0 Å². The zero-order valence-electron chi connectivity index (χ0n) is 9.58. The van der Waals surface area contributed by atoms with Crippen molar-refractivity contribution in [2.45, 2.75) is 20.3 Å². The van der Waals surface area contributed by atoms with E-state index in [0.717, 1.165) is 23.1 Å². The van der Waals surface area contributed by atoms with Gasteiger partial charge in [0.15, 0.2) is 0 Å². The summed E-state index contributed by atoms with van der Waals surface area (Å²) in [5, 5.41) is 0. The number of hydrogen-bond acceptors (Lipinski definition) is 1. The standard InChI is InChI=1S/C14H15NO/c1-3-11-4-6-12(7-5-11)13-8-10(2)14(16)15-9-13/h4-9H,3H2,1-2H3,(H,15,16). The van der Waals surface area contributed by atoms with E-state index in [1.54, 1.807) is 6.20 Å². The molecule has 0 saturated carbocycles. The van der Waals surface area contributed by atoms with E-state index in [-0.39, 0.29) is 5.56 Å². The molecule has 0 saturated heterocycles. The number of hydrogen-bond donors (Lipinski definition) is 1. The number of aromatic nitrogens is 1. The third-order valence-corrected chi connectivity index (χ3v) is 2.78. The highest BCUT2D eigenvalue weighted by molar-refractivity contribution is 5.63. The maximum Gasteiger partial charge on any atom is 0.250 e. The van der Waals surface area contributed by atoms with E-state index in [2.05, 4.69) is 36.2 Å². The summed E-state index contributed by atoms with van der Waals surface area (Å²) in [4.78, 5) is 14.0. The number of benzene rings is 1. The Labute approximate surface area is 95.0 Å². The Morgan fingerprint density at radius 2 is 1.81 bits per heavy atom. The van der Waals surface area contributed by atoms with Gasteiger partial charge in [0.1, 0.15) is 0 Å². The van der Waals surface area contributed by atoms with Crippen LogP contribution in [0.25, 0.3) is 11.1 Å². The molecule has 1 aromatic carbocycles. The lowest BCUT2D eigenvalue weighted by Gasteiger charge is -2.03. The molecule has 1 N–H and O–H groups in total. The predicted molar refractivity (Wildman–Crippen MR) is 66.6 cm³/mol. The van der Waals surface area contributed by atoms with Crippen LogP contribution in [0.15, 0.2) is 41.3 Å². The lowest BCUT2D eigenvalue weighted by molar-refractivity contribution is 1.14. The highest BCUT2D eigenvalue weighted by Crippen LogP contribution is 2.18. The fraction of sp³-hybridized carbons (Fsp3) is 0.214. The first kappa shape index (κ1) is 10.7. The van der Waals surface area contributed by atoms with E-state index in [1.807, 2.05) is 13.0 Å². The minimum Gasteiger partial charge on any atom is -0.328 e. The molecule has 0 unspecified atom stereocenters. The topological polar surface area (TPSA) is 32.9 Å². The fourth-order valence-corrected chi connectivity index (χ4v) is 1.70. The van der Waals surface area contributed by atoms with Crippen molar-refractivity contribution in [2.24, 2.45) is 0 Å². The summed E-state index contributed by atoms with van der Waals surface area (Å²) in [5.74, 6) is 0. The van der Waals surface area contributed by atoms with E-state index in [4.69, 9.17) is 0 Å². The van der Waals surface area contributed by atoms with Gasteiger partial charge in [-0.2, -0.15) is 0 Å². The minimum absolute atomic E-state index is 0.0195. The summed E-state index contributed by atoms with van der Waals surface area (Å²) >= 11 is 0. The molecule has 0 aliphatic heterocycles. The van der Waals surface area contributed by atoms with Crippen molar-refractivity contribution >= 4 is 0 Å². The van der Waals surface area contributed by atoms with Gasteiger partial charge >= 0.3 is 0 Å². The molecule has 0 spiro atoms. The molecule has 0 radical (unpaired) electrons. The Bertz CT molecular complexity index is 537. The van der Waals surface area contributed by atoms with Crippen LogP contribution in [0.2, 0.25) is 0 Å². The number of nitrogens with one attached hydrogen (secondary N) is 1. The Balaban J connectivity index is 2.42. The molecule has 16 heavy (non-hydrogen) atoms. The summed E-state index contributed by atoms with van der Waals surface area (Å²) in [6, 6.07) is 10.3. The van der Waals surface area contributed by atoms with Gasteiger partial charge in [0, 0.05) is 11.8 Å². The molecule has 0 atom stereocenters. The number of aromatic amines is 1. The second-order valence-corrected chi connectivity index (χ2v) is 3.95. The van der Waals surface area contributed by atoms with Gasteiger partial charge in [-0.15, -0.1) is 0 Å². The van der Waals surface area contributed by atoms with E-state index >= 15 is 0 Å². The lowest BCUT2D eigenvalue weighted by Crippen LogP contribution is -2.07. The van der Waals surface area contributed by atoms with Crippen molar-refractivity contribution in [1.82, 2.24) is 4.98 Å². The Morgan fingerprint density at radius 3 is 2.38 bits per heavy atom. The molecule has 1 heterocycles. The summed E-state index contributed by atoms with van der Waals surface area (Å²) in [7, 11) is 0. The van der Waals surface area contributed by atoms with Gasteiger partial charge in [0.2, 0.25) is 0 Å². The highest BCUT2D eigenvalue weighted by Gasteiger charge is 2.00. The molecule has 0 aliphatic rings. The van der Waals surface area contributed by atoms with Gasteiger partial charge in [-0.05, 0) is 36.1 Å². The van der Waals surface area contributed by atoms with Crippen molar-refractivity contribution in [1.29, 1.82) is 0 Å². The number of rotatable bonds is 2. The third kappa shape index (κ3) is 2.06. The molecular formula is C14H15NO. The maximum absolute atomic E-state index is 11.2. The van der Waals surface area contributed by atoms with Gasteiger partial charge in [0.05, 0.1) is 0 Å². The predicted octanol–water partition coefficient (Wildman–Crippen LogP) is 2.91. The van der Waals surface area contributed by atoms with Gasteiger partial charge in [-0.25, -0.2) is 0 Å². The smallest absolute Gasteiger partial charge is 0.250 e. The van der Waals surface area contributed by atoms with E-state index in [0.29, 0.717) is 0 Å². The van der Waals surface area contributed by atoms with Crippen LogP contribution in [0.3, 0.4) is 0 Å². The molecule has 2 heteroatoms. The van der Waals surface area contributed by atoms with Crippen LogP contribution >= 0.6 is 0 Å². The monoisotopic (exact) mass is 213 g/mol. The van der Waals surface area contributed by atoms with E-state index < -0.39 is 0 Å².